The van der Waals surface area contributed by atoms with E-state index in [1.54, 1.807) is 12.1 Å². The van der Waals surface area contributed by atoms with Crippen molar-refractivity contribution < 1.29 is 4.74 Å². The molecule has 0 fully saturated rings. The molecule has 90 valence electrons. The fourth-order valence-electron chi connectivity index (χ4n) is 1.13. The molecule has 0 spiro atoms. The Kier molecular flexibility index (Phi) is 5.06. The van der Waals surface area contributed by atoms with Crippen LogP contribution in [0.4, 0.5) is 0 Å². The first-order valence-corrected chi connectivity index (χ1v) is 6.01. The molecule has 0 aliphatic heterocycles. The molecule has 0 bridgehead atoms. The summed E-state index contributed by atoms with van der Waals surface area (Å²) in [6.07, 6.45) is 0.876. The molecule has 16 heavy (non-hydrogen) atoms. The Bertz CT molecular complexity index is 353. The second-order valence-electron chi connectivity index (χ2n) is 4.24. The second kappa shape index (κ2) is 5.87. The predicted molar refractivity (Wildman–Crippen MR) is 69.0 cm³/mol. The summed E-state index contributed by atoms with van der Waals surface area (Å²) in [6.45, 7) is 4.99. The fraction of sp³-hybridized carbons (Fsp3) is 0.500. The van der Waals surface area contributed by atoms with Crippen LogP contribution < -0.4 is 5.73 Å². The number of rotatable bonds is 5. The molecule has 1 aromatic rings. The minimum atomic E-state index is -0.279. The van der Waals surface area contributed by atoms with Gasteiger partial charge in [-0.05, 0) is 31.0 Å². The van der Waals surface area contributed by atoms with Crippen LogP contribution in [0.2, 0.25) is 10.0 Å². The van der Waals surface area contributed by atoms with E-state index < -0.39 is 0 Å². The maximum absolute atomic E-state index is 6.02. The van der Waals surface area contributed by atoms with Gasteiger partial charge >= 0.3 is 0 Å². The zero-order chi connectivity index (χ0) is 12.2. The summed E-state index contributed by atoms with van der Waals surface area (Å²) in [7, 11) is 0. The number of halogens is 2. The first kappa shape index (κ1) is 13.8. The Morgan fingerprint density at radius 1 is 1.38 bits per heavy atom. The molecule has 0 heterocycles. The van der Waals surface area contributed by atoms with Crippen LogP contribution in [0.25, 0.3) is 0 Å². The Hall–Kier alpha value is -0.280. The standard InChI is InChI=1S/C12H17Cl2NO/c1-3-12(2,15)8-16-7-9-4-5-10(13)6-11(9)14/h4-6H,3,7-8,15H2,1-2H3. The highest BCUT2D eigenvalue weighted by molar-refractivity contribution is 6.35. The molecule has 0 aromatic heterocycles. The molecule has 0 aliphatic carbocycles. The zero-order valence-corrected chi connectivity index (χ0v) is 11.1. The van der Waals surface area contributed by atoms with E-state index in [9.17, 15) is 0 Å². The van der Waals surface area contributed by atoms with E-state index in [2.05, 4.69) is 0 Å². The molecular weight excluding hydrogens is 245 g/mol. The van der Waals surface area contributed by atoms with Crippen molar-refractivity contribution in [1.29, 1.82) is 0 Å². The van der Waals surface area contributed by atoms with Crippen molar-refractivity contribution >= 4 is 23.2 Å². The first-order valence-electron chi connectivity index (χ1n) is 5.25. The number of benzene rings is 1. The molecule has 0 saturated heterocycles. The Morgan fingerprint density at radius 2 is 2.06 bits per heavy atom. The van der Waals surface area contributed by atoms with E-state index >= 15 is 0 Å². The van der Waals surface area contributed by atoms with Gasteiger partial charge < -0.3 is 10.5 Å². The van der Waals surface area contributed by atoms with E-state index in [4.69, 9.17) is 33.7 Å². The molecular formula is C12H17Cl2NO. The van der Waals surface area contributed by atoms with Gasteiger partial charge in [0.15, 0.2) is 0 Å². The first-order chi connectivity index (χ1) is 7.44. The highest BCUT2D eigenvalue weighted by atomic mass is 35.5. The topological polar surface area (TPSA) is 35.2 Å². The molecule has 0 aliphatic rings. The minimum Gasteiger partial charge on any atom is -0.375 e. The average Bonchev–Trinajstić information content (AvgIpc) is 2.21. The number of nitrogens with two attached hydrogens (primary N) is 1. The largest absolute Gasteiger partial charge is 0.375 e. The lowest BCUT2D eigenvalue weighted by Crippen LogP contribution is -2.40. The predicted octanol–water partition coefficient (Wildman–Crippen LogP) is 3.64. The van der Waals surface area contributed by atoms with E-state index in [0.717, 1.165) is 12.0 Å². The van der Waals surface area contributed by atoms with Gasteiger partial charge in [0.05, 0.1) is 13.2 Å². The van der Waals surface area contributed by atoms with Crippen molar-refractivity contribution in [2.24, 2.45) is 5.73 Å². The van der Waals surface area contributed by atoms with Crippen LogP contribution in [0.3, 0.4) is 0 Å². The summed E-state index contributed by atoms with van der Waals surface area (Å²) in [4.78, 5) is 0. The minimum absolute atomic E-state index is 0.279. The third kappa shape index (κ3) is 4.30. The summed E-state index contributed by atoms with van der Waals surface area (Å²) >= 11 is 11.8. The zero-order valence-electron chi connectivity index (χ0n) is 9.59. The summed E-state index contributed by atoms with van der Waals surface area (Å²) in [5, 5.41) is 1.26. The van der Waals surface area contributed by atoms with Crippen molar-refractivity contribution in [2.75, 3.05) is 6.61 Å². The van der Waals surface area contributed by atoms with E-state index in [0.29, 0.717) is 23.3 Å². The highest BCUT2D eigenvalue weighted by Gasteiger charge is 2.15. The second-order valence-corrected chi connectivity index (χ2v) is 5.08. The van der Waals surface area contributed by atoms with Gasteiger partial charge in [-0.25, -0.2) is 0 Å². The molecule has 2 nitrogen and oxygen atoms in total. The molecule has 1 rings (SSSR count). The van der Waals surface area contributed by atoms with Crippen molar-refractivity contribution in [3.05, 3.63) is 33.8 Å². The SMILES string of the molecule is CCC(C)(N)COCc1ccc(Cl)cc1Cl. The molecule has 0 radical (unpaired) electrons. The molecule has 1 atom stereocenters. The summed E-state index contributed by atoms with van der Waals surface area (Å²) < 4.78 is 5.54. The van der Waals surface area contributed by atoms with Crippen molar-refractivity contribution in [2.45, 2.75) is 32.4 Å². The number of hydrogen-bond acceptors (Lipinski definition) is 2. The van der Waals surface area contributed by atoms with Gasteiger partial charge in [0, 0.05) is 15.6 Å². The lowest BCUT2D eigenvalue weighted by Gasteiger charge is -2.22. The fourth-order valence-corrected chi connectivity index (χ4v) is 1.60. The normalized spacial score (nSPS) is 14.8. The van der Waals surface area contributed by atoms with Crippen LogP contribution in [0.15, 0.2) is 18.2 Å². The maximum atomic E-state index is 6.02. The third-order valence-corrected chi connectivity index (χ3v) is 3.10. The lowest BCUT2D eigenvalue weighted by atomic mass is 10.0. The van der Waals surface area contributed by atoms with Crippen LogP contribution in [-0.4, -0.2) is 12.1 Å². The van der Waals surface area contributed by atoms with Gasteiger partial charge in [0.25, 0.3) is 0 Å². The van der Waals surface area contributed by atoms with Crippen molar-refractivity contribution in [3.63, 3.8) is 0 Å². The van der Waals surface area contributed by atoms with Crippen LogP contribution in [0.1, 0.15) is 25.8 Å². The van der Waals surface area contributed by atoms with E-state index in [1.165, 1.54) is 0 Å². The summed E-state index contributed by atoms with van der Waals surface area (Å²) in [5.74, 6) is 0. The number of hydrogen-bond donors (Lipinski definition) is 1. The van der Waals surface area contributed by atoms with Gasteiger partial charge in [-0.3, -0.25) is 0 Å². The summed E-state index contributed by atoms with van der Waals surface area (Å²) in [6, 6.07) is 5.38. The summed E-state index contributed by atoms with van der Waals surface area (Å²) in [5.41, 5.74) is 6.61. The van der Waals surface area contributed by atoms with Crippen LogP contribution in [0.5, 0.6) is 0 Å². The molecule has 1 unspecified atom stereocenters. The molecule has 0 amide bonds. The van der Waals surface area contributed by atoms with Gasteiger partial charge in [-0.1, -0.05) is 36.2 Å². The smallest absolute Gasteiger partial charge is 0.0732 e. The van der Waals surface area contributed by atoms with Gasteiger partial charge in [0.1, 0.15) is 0 Å². The number of ether oxygens (including phenoxy) is 1. The van der Waals surface area contributed by atoms with Gasteiger partial charge in [-0.15, -0.1) is 0 Å². The maximum Gasteiger partial charge on any atom is 0.0732 e. The molecule has 2 N–H and O–H groups in total. The Labute approximate surface area is 107 Å². The highest BCUT2D eigenvalue weighted by Crippen LogP contribution is 2.21. The molecule has 1 aromatic carbocycles. The monoisotopic (exact) mass is 261 g/mol. The quantitative estimate of drug-likeness (QED) is 0.879. The van der Waals surface area contributed by atoms with Gasteiger partial charge in [0.2, 0.25) is 0 Å². The molecule has 4 heteroatoms. The molecule has 0 saturated carbocycles. The Balaban J connectivity index is 2.49. The van der Waals surface area contributed by atoms with Crippen LogP contribution >= 0.6 is 23.2 Å². The van der Waals surface area contributed by atoms with Gasteiger partial charge in [-0.2, -0.15) is 0 Å². The van der Waals surface area contributed by atoms with Crippen LogP contribution in [0, 0.1) is 0 Å². The van der Waals surface area contributed by atoms with Crippen molar-refractivity contribution in [1.82, 2.24) is 0 Å². The van der Waals surface area contributed by atoms with E-state index in [-0.39, 0.29) is 5.54 Å². The van der Waals surface area contributed by atoms with Crippen LogP contribution in [-0.2, 0) is 11.3 Å². The lowest BCUT2D eigenvalue weighted by molar-refractivity contribution is 0.0778. The third-order valence-electron chi connectivity index (χ3n) is 2.51. The Morgan fingerprint density at radius 3 is 2.62 bits per heavy atom. The average molecular weight is 262 g/mol. The van der Waals surface area contributed by atoms with Crippen molar-refractivity contribution in [3.8, 4) is 0 Å². The van der Waals surface area contributed by atoms with E-state index in [1.807, 2.05) is 19.9 Å².